The number of piperidine rings is 1. The predicted octanol–water partition coefficient (Wildman–Crippen LogP) is 3.51. The minimum Gasteiger partial charge on any atom is -0.475 e. The first-order valence-corrected chi connectivity index (χ1v) is 9.91. The van der Waals surface area contributed by atoms with E-state index in [0.29, 0.717) is 5.92 Å². The lowest BCUT2D eigenvalue weighted by molar-refractivity contribution is -0.192. The number of alkyl halides is 3. The summed E-state index contributed by atoms with van der Waals surface area (Å²) in [5.74, 6) is -2.08. The molecule has 0 bridgehead atoms. The molecule has 2 aliphatic heterocycles. The van der Waals surface area contributed by atoms with E-state index in [1.54, 1.807) is 0 Å². The number of pyridine rings is 1. The number of aromatic nitrogens is 1. The molecule has 0 aliphatic carbocycles. The van der Waals surface area contributed by atoms with Gasteiger partial charge in [0.1, 0.15) is 0 Å². The fourth-order valence-corrected chi connectivity index (χ4v) is 3.93. The summed E-state index contributed by atoms with van der Waals surface area (Å²) in [6.07, 6.45) is 1.44. The number of ether oxygens (including phenoxy) is 2. The van der Waals surface area contributed by atoms with E-state index in [0.717, 1.165) is 58.7 Å². The molecule has 1 spiro atoms. The van der Waals surface area contributed by atoms with Gasteiger partial charge in [0.05, 0.1) is 11.3 Å². The van der Waals surface area contributed by atoms with E-state index in [1.807, 2.05) is 12.3 Å². The first-order valence-electron chi connectivity index (χ1n) is 9.91. The first-order chi connectivity index (χ1) is 13.8. The van der Waals surface area contributed by atoms with Gasteiger partial charge in [0, 0.05) is 45.7 Å². The number of carboxylic acids is 1. The number of nitrogens with zero attached hydrogens (tertiary/aromatic N) is 2. The number of carboxylic acid groups (broad SMARTS) is 1. The maximum absolute atomic E-state index is 10.6. The summed E-state index contributed by atoms with van der Waals surface area (Å²) in [7, 11) is 0. The Labute approximate surface area is 169 Å². The van der Waals surface area contributed by atoms with Gasteiger partial charge in [0.15, 0.2) is 0 Å². The van der Waals surface area contributed by atoms with Crippen LogP contribution in [0.5, 0.6) is 0 Å². The van der Waals surface area contributed by atoms with Crippen LogP contribution in [0.4, 0.5) is 13.2 Å². The van der Waals surface area contributed by atoms with Crippen molar-refractivity contribution >= 4 is 5.97 Å². The topological polar surface area (TPSA) is 71.9 Å². The van der Waals surface area contributed by atoms with Crippen molar-refractivity contribution in [1.29, 1.82) is 0 Å². The number of hydrogen-bond acceptors (Lipinski definition) is 5. The van der Waals surface area contributed by atoms with Crippen LogP contribution in [0.15, 0.2) is 24.4 Å². The lowest BCUT2D eigenvalue weighted by Gasteiger charge is -2.42. The SMILES string of the molecule is CCOCCC1CCOC12CCN(Cc1ccccn1)CC2.O=C(O)C(F)(F)F. The van der Waals surface area contributed by atoms with Gasteiger partial charge in [0.25, 0.3) is 0 Å². The molecule has 1 aromatic heterocycles. The molecule has 2 saturated heterocycles. The highest BCUT2D eigenvalue weighted by molar-refractivity contribution is 5.73. The van der Waals surface area contributed by atoms with E-state index in [1.165, 1.54) is 12.1 Å². The van der Waals surface area contributed by atoms with Gasteiger partial charge in [-0.2, -0.15) is 13.2 Å². The summed E-state index contributed by atoms with van der Waals surface area (Å²) in [5, 5.41) is 7.12. The standard InChI is InChI=1S/C18H28N2O2.C2HF3O2/c1-2-21-13-6-16-7-14-22-18(16)8-11-20(12-9-18)15-17-5-3-4-10-19-17;3-2(4,5)1(6)7/h3-5,10,16H,2,6-9,11-15H2,1H3;(H,6,7). The fraction of sp³-hybridized carbons (Fsp3) is 0.700. The highest BCUT2D eigenvalue weighted by Crippen LogP contribution is 2.42. The summed E-state index contributed by atoms with van der Waals surface area (Å²) in [6, 6.07) is 6.16. The van der Waals surface area contributed by atoms with E-state index >= 15 is 0 Å². The van der Waals surface area contributed by atoms with Gasteiger partial charge in [-0.15, -0.1) is 0 Å². The van der Waals surface area contributed by atoms with Crippen LogP contribution < -0.4 is 0 Å². The van der Waals surface area contributed by atoms with Crippen LogP contribution in [0.3, 0.4) is 0 Å². The van der Waals surface area contributed by atoms with Crippen molar-refractivity contribution in [1.82, 2.24) is 9.88 Å². The summed E-state index contributed by atoms with van der Waals surface area (Å²) < 4.78 is 43.5. The zero-order valence-corrected chi connectivity index (χ0v) is 16.7. The Morgan fingerprint density at radius 1 is 1.38 bits per heavy atom. The molecule has 2 fully saturated rings. The minimum atomic E-state index is -5.08. The number of carbonyl (C=O) groups is 1. The van der Waals surface area contributed by atoms with Gasteiger partial charge in [0.2, 0.25) is 0 Å². The Morgan fingerprint density at radius 2 is 2.07 bits per heavy atom. The number of hydrogen-bond donors (Lipinski definition) is 1. The third-order valence-electron chi connectivity index (χ3n) is 5.47. The Bertz CT molecular complexity index is 620. The highest BCUT2D eigenvalue weighted by Gasteiger charge is 2.45. The molecular formula is C20H29F3N2O4. The zero-order valence-electron chi connectivity index (χ0n) is 16.7. The van der Waals surface area contributed by atoms with Crippen LogP contribution in [0.25, 0.3) is 0 Å². The summed E-state index contributed by atoms with van der Waals surface area (Å²) >= 11 is 0. The molecule has 9 heteroatoms. The molecule has 0 radical (unpaired) electrons. The molecule has 29 heavy (non-hydrogen) atoms. The molecule has 1 atom stereocenters. The van der Waals surface area contributed by atoms with Crippen molar-refractivity contribution < 1.29 is 32.5 Å². The summed E-state index contributed by atoms with van der Waals surface area (Å²) in [5.41, 5.74) is 1.29. The van der Waals surface area contributed by atoms with Gasteiger partial charge in [-0.3, -0.25) is 9.88 Å². The van der Waals surface area contributed by atoms with Crippen LogP contribution in [0.2, 0.25) is 0 Å². The van der Waals surface area contributed by atoms with E-state index < -0.39 is 12.1 Å². The van der Waals surface area contributed by atoms with Crippen molar-refractivity contribution in [3.05, 3.63) is 30.1 Å². The molecule has 0 saturated carbocycles. The second-order valence-corrected chi connectivity index (χ2v) is 7.28. The van der Waals surface area contributed by atoms with Gasteiger partial charge in [-0.25, -0.2) is 4.79 Å². The molecule has 0 amide bonds. The molecule has 164 valence electrons. The van der Waals surface area contributed by atoms with E-state index in [2.05, 4.69) is 28.9 Å². The van der Waals surface area contributed by atoms with Crippen molar-refractivity contribution in [2.45, 2.75) is 50.9 Å². The number of halogens is 3. The molecule has 6 nitrogen and oxygen atoms in total. The molecule has 3 rings (SSSR count). The van der Waals surface area contributed by atoms with E-state index in [-0.39, 0.29) is 5.60 Å². The van der Waals surface area contributed by atoms with Crippen LogP contribution in [0, 0.1) is 5.92 Å². The molecule has 3 heterocycles. The Balaban J connectivity index is 0.000000370. The molecular weight excluding hydrogens is 389 g/mol. The van der Waals surface area contributed by atoms with Gasteiger partial charge < -0.3 is 14.6 Å². The van der Waals surface area contributed by atoms with Crippen LogP contribution >= 0.6 is 0 Å². The van der Waals surface area contributed by atoms with E-state index in [4.69, 9.17) is 19.4 Å². The van der Waals surface area contributed by atoms with Crippen molar-refractivity contribution in [3.8, 4) is 0 Å². The Kier molecular flexibility index (Phi) is 8.85. The van der Waals surface area contributed by atoms with Gasteiger partial charge in [-0.05, 0) is 50.7 Å². The fourth-order valence-electron chi connectivity index (χ4n) is 3.93. The van der Waals surface area contributed by atoms with Gasteiger partial charge >= 0.3 is 12.1 Å². The Hall–Kier alpha value is -1.71. The highest BCUT2D eigenvalue weighted by atomic mass is 19.4. The van der Waals surface area contributed by atoms with Crippen molar-refractivity contribution in [2.75, 3.05) is 32.9 Å². The molecule has 1 aromatic rings. The quantitative estimate of drug-likeness (QED) is 0.713. The third-order valence-corrected chi connectivity index (χ3v) is 5.47. The second kappa shape index (κ2) is 10.9. The minimum absolute atomic E-state index is 0.123. The average Bonchev–Trinajstić information content (AvgIpc) is 3.07. The molecule has 1 N–H and O–H groups in total. The van der Waals surface area contributed by atoms with Crippen LogP contribution in [-0.4, -0.2) is 65.6 Å². The monoisotopic (exact) mass is 418 g/mol. The molecule has 1 unspecified atom stereocenters. The van der Waals surface area contributed by atoms with Crippen LogP contribution in [-0.2, 0) is 20.8 Å². The lowest BCUT2D eigenvalue weighted by Crippen LogP contribution is -2.47. The normalized spacial score (nSPS) is 21.6. The number of aliphatic carboxylic acids is 1. The maximum atomic E-state index is 10.6. The Morgan fingerprint density at radius 3 is 2.62 bits per heavy atom. The number of rotatable bonds is 6. The average molecular weight is 418 g/mol. The smallest absolute Gasteiger partial charge is 0.475 e. The largest absolute Gasteiger partial charge is 0.490 e. The number of likely N-dealkylation sites (tertiary alicyclic amines) is 1. The lowest BCUT2D eigenvalue weighted by atomic mass is 9.78. The van der Waals surface area contributed by atoms with Crippen molar-refractivity contribution in [2.24, 2.45) is 5.92 Å². The van der Waals surface area contributed by atoms with Gasteiger partial charge in [-0.1, -0.05) is 6.07 Å². The second-order valence-electron chi connectivity index (χ2n) is 7.28. The van der Waals surface area contributed by atoms with Crippen LogP contribution in [0.1, 0.15) is 38.3 Å². The summed E-state index contributed by atoms with van der Waals surface area (Å²) in [4.78, 5) is 15.8. The maximum Gasteiger partial charge on any atom is 0.490 e. The molecule has 2 aliphatic rings. The predicted molar refractivity (Wildman–Crippen MR) is 100 cm³/mol. The third kappa shape index (κ3) is 7.24. The van der Waals surface area contributed by atoms with Crippen molar-refractivity contribution in [3.63, 3.8) is 0 Å². The summed E-state index contributed by atoms with van der Waals surface area (Å²) in [6.45, 7) is 7.88. The zero-order chi connectivity index (χ0) is 21.3. The first kappa shape index (κ1) is 23.6. The molecule has 0 aromatic carbocycles. The van der Waals surface area contributed by atoms with E-state index in [9.17, 15) is 13.2 Å².